The van der Waals surface area contributed by atoms with E-state index in [-0.39, 0.29) is 24.6 Å². The zero-order valence-electron chi connectivity index (χ0n) is 15.5. The van der Waals surface area contributed by atoms with Crippen LogP contribution in [0.15, 0.2) is 48.8 Å². The minimum atomic E-state index is -0.916. The third kappa shape index (κ3) is 5.65. The Morgan fingerprint density at radius 3 is 2.75 bits per heavy atom. The van der Waals surface area contributed by atoms with Crippen LogP contribution in [0.5, 0.6) is 6.01 Å². The first-order chi connectivity index (χ1) is 13.6. The van der Waals surface area contributed by atoms with Crippen LogP contribution in [0.2, 0.25) is 0 Å². The van der Waals surface area contributed by atoms with Crippen LogP contribution in [-0.2, 0) is 14.3 Å². The van der Waals surface area contributed by atoms with Gasteiger partial charge < -0.3 is 19.1 Å². The highest BCUT2D eigenvalue weighted by Gasteiger charge is 2.29. The van der Waals surface area contributed by atoms with Crippen molar-refractivity contribution in [3.8, 4) is 6.01 Å². The summed E-state index contributed by atoms with van der Waals surface area (Å²) in [5.74, 6) is -0.285. The Labute approximate surface area is 162 Å². The van der Waals surface area contributed by atoms with Crippen molar-refractivity contribution in [2.75, 3.05) is 31.6 Å². The van der Waals surface area contributed by atoms with Crippen LogP contribution in [-0.4, -0.2) is 65.4 Å². The molecule has 2 heterocycles. The molecule has 1 saturated heterocycles. The summed E-state index contributed by atoms with van der Waals surface area (Å²) in [5, 5.41) is 2.59. The van der Waals surface area contributed by atoms with E-state index in [2.05, 4.69) is 15.3 Å². The number of anilines is 1. The number of hydrogen-bond acceptors (Lipinski definition) is 7. The number of hydrogen-bond donors (Lipinski definition) is 1. The lowest BCUT2D eigenvalue weighted by Crippen LogP contribution is -2.51. The highest BCUT2D eigenvalue weighted by molar-refractivity contribution is 5.88. The second-order valence-corrected chi connectivity index (χ2v) is 6.16. The maximum Gasteiger partial charge on any atom is 0.412 e. The number of nitrogens with one attached hydrogen (secondary N) is 1. The number of para-hydroxylation sites is 1. The van der Waals surface area contributed by atoms with E-state index in [1.807, 2.05) is 6.07 Å². The van der Waals surface area contributed by atoms with Gasteiger partial charge in [-0.2, -0.15) is 0 Å². The van der Waals surface area contributed by atoms with Crippen molar-refractivity contribution < 1.29 is 23.8 Å². The van der Waals surface area contributed by atoms with Crippen LogP contribution in [0.4, 0.5) is 10.5 Å². The maximum absolute atomic E-state index is 12.6. The van der Waals surface area contributed by atoms with Crippen molar-refractivity contribution in [2.24, 2.45) is 0 Å². The fourth-order valence-corrected chi connectivity index (χ4v) is 2.68. The maximum atomic E-state index is 12.6. The second-order valence-electron chi connectivity index (χ2n) is 6.16. The van der Waals surface area contributed by atoms with Gasteiger partial charge in [-0.05, 0) is 25.1 Å². The number of aromatic nitrogens is 2. The topological polar surface area (TPSA) is 103 Å². The molecule has 2 amide bonds. The van der Waals surface area contributed by atoms with Crippen LogP contribution in [0.1, 0.15) is 6.92 Å². The minimum absolute atomic E-state index is 0.220. The summed E-state index contributed by atoms with van der Waals surface area (Å²) in [7, 11) is 0. The van der Waals surface area contributed by atoms with Gasteiger partial charge >= 0.3 is 12.1 Å². The molecule has 0 spiro atoms. The molecule has 0 radical (unpaired) electrons. The lowest BCUT2D eigenvalue weighted by molar-refractivity contribution is -0.147. The summed E-state index contributed by atoms with van der Waals surface area (Å²) in [5.41, 5.74) is 0.596. The third-order valence-corrected chi connectivity index (χ3v) is 4.04. The highest BCUT2D eigenvalue weighted by atomic mass is 16.6. The minimum Gasteiger partial charge on any atom is -0.461 e. The summed E-state index contributed by atoms with van der Waals surface area (Å²) in [4.78, 5) is 34.1. The molecule has 1 aliphatic heterocycles. The molecule has 1 fully saturated rings. The zero-order chi connectivity index (χ0) is 19.8. The van der Waals surface area contributed by atoms with Gasteiger partial charge in [0.25, 0.3) is 5.91 Å². The molecule has 28 heavy (non-hydrogen) atoms. The zero-order valence-corrected chi connectivity index (χ0v) is 15.5. The average Bonchev–Trinajstić information content (AvgIpc) is 2.73. The van der Waals surface area contributed by atoms with Gasteiger partial charge in [0.2, 0.25) is 0 Å². The molecule has 9 nitrogen and oxygen atoms in total. The first-order valence-corrected chi connectivity index (χ1v) is 8.94. The highest BCUT2D eigenvalue weighted by Crippen LogP contribution is 2.11. The van der Waals surface area contributed by atoms with Crippen LogP contribution in [0, 0.1) is 0 Å². The van der Waals surface area contributed by atoms with Crippen LogP contribution in [0.3, 0.4) is 0 Å². The van der Waals surface area contributed by atoms with E-state index in [0.29, 0.717) is 25.4 Å². The van der Waals surface area contributed by atoms with Crippen LogP contribution >= 0.6 is 0 Å². The van der Waals surface area contributed by atoms with Crippen molar-refractivity contribution in [1.82, 2.24) is 14.9 Å². The number of carbonyl (C=O) groups excluding carboxylic acids is 2. The largest absolute Gasteiger partial charge is 0.461 e. The molecule has 1 unspecified atom stereocenters. The Bertz CT molecular complexity index is 774. The van der Waals surface area contributed by atoms with Crippen LogP contribution < -0.4 is 10.1 Å². The van der Waals surface area contributed by atoms with Crippen molar-refractivity contribution >= 4 is 17.7 Å². The van der Waals surface area contributed by atoms with Gasteiger partial charge in [0, 0.05) is 24.6 Å². The standard InChI is InChI=1S/C19H22N4O5/c1-14(28-19(25)22-15-6-3-2-4-7-15)17(24)23-10-11-26-16(12-23)13-27-18-20-8-5-9-21-18/h2-9,14,16H,10-13H2,1H3,(H,22,25)/t14-,16?/m1/s1. The molecule has 1 N–H and O–H groups in total. The van der Waals surface area contributed by atoms with Crippen molar-refractivity contribution in [3.63, 3.8) is 0 Å². The molecular formula is C19H22N4O5. The fraction of sp³-hybridized carbons (Fsp3) is 0.368. The summed E-state index contributed by atoms with van der Waals surface area (Å²) in [6.07, 6.45) is 1.26. The molecule has 0 saturated carbocycles. The van der Waals surface area contributed by atoms with E-state index >= 15 is 0 Å². The van der Waals surface area contributed by atoms with Crippen molar-refractivity contribution in [1.29, 1.82) is 0 Å². The Balaban J connectivity index is 1.46. The van der Waals surface area contributed by atoms with E-state index in [1.54, 1.807) is 54.5 Å². The van der Waals surface area contributed by atoms with Crippen molar-refractivity contribution in [2.45, 2.75) is 19.1 Å². The number of ether oxygens (including phenoxy) is 3. The summed E-state index contributed by atoms with van der Waals surface area (Å²) in [6.45, 7) is 2.90. The summed E-state index contributed by atoms with van der Waals surface area (Å²) >= 11 is 0. The van der Waals surface area contributed by atoms with Gasteiger partial charge in [-0.1, -0.05) is 18.2 Å². The molecule has 0 aliphatic carbocycles. The van der Waals surface area contributed by atoms with E-state index in [1.165, 1.54) is 0 Å². The number of carbonyl (C=O) groups is 2. The van der Waals surface area contributed by atoms with Gasteiger partial charge in [0.15, 0.2) is 6.10 Å². The number of rotatable bonds is 6. The van der Waals surface area contributed by atoms with Gasteiger partial charge in [0.1, 0.15) is 12.7 Å². The van der Waals surface area contributed by atoms with E-state index in [4.69, 9.17) is 14.2 Å². The van der Waals surface area contributed by atoms with E-state index < -0.39 is 12.2 Å². The number of morpholine rings is 1. The van der Waals surface area contributed by atoms with Gasteiger partial charge in [-0.15, -0.1) is 0 Å². The lowest BCUT2D eigenvalue weighted by atomic mass is 10.2. The van der Waals surface area contributed by atoms with Crippen molar-refractivity contribution in [3.05, 3.63) is 48.8 Å². The van der Waals surface area contributed by atoms with E-state index in [9.17, 15) is 9.59 Å². The molecule has 1 aromatic carbocycles. The summed E-state index contributed by atoms with van der Waals surface area (Å²) in [6, 6.07) is 10.8. The Hall–Kier alpha value is -3.20. The smallest absolute Gasteiger partial charge is 0.412 e. The van der Waals surface area contributed by atoms with Gasteiger partial charge in [0.05, 0.1) is 13.2 Å². The SMILES string of the molecule is C[C@@H](OC(=O)Nc1ccccc1)C(=O)N1CCOC(COc2ncccn2)C1. The normalized spacial score (nSPS) is 17.5. The molecule has 9 heteroatoms. The van der Waals surface area contributed by atoms with Gasteiger partial charge in [-0.3, -0.25) is 10.1 Å². The molecule has 2 aromatic rings. The first-order valence-electron chi connectivity index (χ1n) is 8.94. The Morgan fingerprint density at radius 2 is 2.00 bits per heavy atom. The molecule has 2 atom stereocenters. The molecule has 148 valence electrons. The number of nitrogens with zero attached hydrogens (tertiary/aromatic N) is 3. The molecule has 0 bridgehead atoms. The van der Waals surface area contributed by atoms with Gasteiger partial charge in [-0.25, -0.2) is 14.8 Å². The Kier molecular flexibility index (Phi) is 6.74. The predicted octanol–water partition coefficient (Wildman–Crippen LogP) is 1.72. The fourth-order valence-electron chi connectivity index (χ4n) is 2.68. The third-order valence-electron chi connectivity index (χ3n) is 4.04. The van der Waals surface area contributed by atoms with E-state index in [0.717, 1.165) is 0 Å². The number of benzene rings is 1. The molecule has 1 aliphatic rings. The second kappa shape index (κ2) is 9.65. The average molecular weight is 386 g/mol. The van der Waals surface area contributed by atoms with Crippen LogP contribution in [0.25, 0.3) is 0 Å². The molecular weight excluding hydrogens is 364 g/mol. The quantitative estimate of drug-likeness (QED) is 0.806. The monoisotopic (exact) mass is 386 g/mol. The number of amides is 2. The first kappa shape index (κ1) is 19.6. The molecule has 3 rings (SSSR count). The predicted molar refractivity (Wildman–Crippen MR) is 99.9 cm³/mol. The summed E-state index contributed by atoms with van der Waals surface area (Å²) < 4.78 is 16.3. The lowest BCUT2D eigenvalue weighted by Gasteiger charge is -2.33. The Morgan fingerprint density at radius 1 is 1.25 bits per heavy atom. The molecule has 1 aromatic heterocycles.